The van der Waals surface area contributed by atoms with Gasteiger partial charge in [0.2, 0.25) is 0 Å². The molecule has 0 bridgehead atoms. The van der Waals surface area contributed by atoms with E-state index in [0.717, 1.165) is 36.8 Å². The molecule has 0 spiro atoms. The van der Waals surface area contributed by atoms with Crippen LogP contribution in [0.2, 0.25) is 0 Å². The highest BCUT2D eigenvalue weighted by Gasteiger charge is 2.50. The molecule has 3 nitrogen and oxygen atoms in total. The van der Waals surface area contributed by atoms with E-state index in [1.807, 2.05) is 0 Å². The third-order valence-electron chi connectivity index (χ3n) is 9.30. The lowest BCUT2D eigenvalue weighted by atomic mass is 9.61. The molecule has 3 saturated carbocycles. The van der Waals surface area contributed by atoms with Gasteiger partial charge in [0.15, 0.2) is 0 Å². The van der Waals surface area contributed by atoms with Crippen molar-refractivity contribution in [1.29, 1.82) is 0 Å². The Bertz CT molecular complexity index is 759. The van der Waals surface area contributed by atoms with Gasteiger partial charge in [-0.2, -0.15) is 0 Å². The Labute approximate surface area is 202 Å². The minimum atomic E-state index is -0.626. The van der Waals surface area contributed by atoms with Crippen molar-refractivity contribution >= 4 is 0 Å². The van der Waals surface area contributed by atoms with Crippen LogP contribution >= 0.6 is 0 Å². The normalized spacial score (nSPS) is 37.3. The first-order valence-electron chi connectivity index (χ1n) is 13.5. The predicted molar refractivity (Wildman–Crippen MR) is 138 cm³/mol. The molecule has 0 aromatic rings. The Hall–Kier alpha value is -1.16. The summed E-state index contributed by atoms with van der Waals surface area (Å²) in [7, 11) is 0. The second-order valence-corrected chi connectivity index (χ2v) is 11.4. The van der Waals surface area contributed by atoms with Crippen LogP contribution in [0.3, 0.4) is 0 Å². The van der Waals surface area contributed by atoms with Crippen LogP contribution in [0.15, 0.2) is 47.6 Å². The molecule has 186 valence electrons. The number of hydrogen-bond acceptors (Lipinski definition) is 3. The van der Waals surface area contributed by atoms with Gasteiger partial charge < -0.3 is 15.3 Å². The van der Waals surface area contributed by atoms with Crippen molar-refractivity contribution in [3.8, 4) is 0 Å². The molecule has 3 aliphatic rings. The van der Waals surface area contributed by atoms with Gasteiger partial charge in [-0.3, -0.25) is 0 Å². The van der Waals surface area contributed by atoms with Crippen molar-refractivity contribution in [3.05, 3.63) is 47.6 Å². The third-order valence-corrected chi connectivity index (χ3v) is 9.30. The number of fused-ring (bicyclic) bond motifs is 1. The molecule has 3 heteroatoms. The van der Waals surface area contributed by atoms with Crippen molar-refractivity contribution in [2.75, 3.05) is 0 Å². The average molecular weight is 457 g/mol. The monoisotopic (exact) mass is 456 g/mol. The van der Waals surface area contributed by atoms with E-state index in [9.17, 15) is 15.3 Å². The number of aliphatic hydroxyl groups excluding tert-OH is 3. The van der Waals surface area contributed by atoms with E-state index in [1.54, 1.807) is 0 Å². The molecule has 7 atom stereocenters. The van der Waals surface area contributed by atoms with Gasteiger partial charge in [0.05, 0.1) is 18.3 Å². The molecule has 3 fully saturated rings. The fourth-order valence-electron chi connectivity index (χ4n) is 7.09. The predicted octanol–water partition coefficient (Wildman–Crippen LogP) is 6.51. The van der Waals surface area contributed by atoms with E-state index in [4.69, 9.17) is 0 Å². The van der Waals surface area contributed by atoms with Gasteiger partial charge >= 0.3 is 0 Å². The summed E-state index contributed by atoms with van der Waals surface area (Å²) in [5, 5.41) is 30.8. The average Bonchev–Trinajstić information content (AvgIpc) is 3.14. The van der Waals surface area contributed by atoms with E-state index in [2.05, 4.69) is 58.6 Å². The van der Waals surface area contributed by atoms with Crippen LogP contribution < -0.4 is 0 Å². The summed E-state index contributed by atoms with van der Waals surface area (Å²) in [5.74, 6) is 2.32. The molecular weight excluding hydrogens is 408 g/mol. The van der Waals surface area contributed by atoms with Crippen LogP contribution in [0, 0.1) is 29.1 Å². The van der Waals surface area contributed by atoms with Crippen LogP contribution in [-0.2, 0) is 0 Å². The van der Waals surface area contributed by atoms with E-state index in [1.165, 1.54) is 31.3 Å². The number of hydrogen-bond donors (Lipinski definition) is 3. The summed E-state index contributed by atoms with van der Waals surface area (Å²) >= 11 is 0. The zero-order chi connectivity index (χ0) is 24.2. The maximum atomic E-state index is 10.5. The topological polar surface area (TPSA) is 60.7 Å². The van der Waals surface area contributed by atoms with Crippen LogP contribution in [0.5, 0.6) is 0 Å². The highest BCUT2D eigenvalue weighted by atomic mass is 16.3. The Morgan fingerprint density at radius 3 is 2.55 bits per heavy atom. The first-order valence-corrected chi connectivity index (χ1v) is 13.5. The largest absolute Gasteiger partial charge is 0.393 e. The fourth-order valence-corrected chi connectivity index (χ4v) is 7.09. The molecule has 0 aliphatic heterocycles. The van der Waals surface area contributed by atoms with Gasteiger partial charge in [-0.05, 0) is 85.2 Å². The minimum Gasteiger partial charge on any atom is -0.393 e. The van der Waals surface area contributed by atoms with Crippen molar-refractivity contribution in [3.63, 3.8) is 0 Å². The SMILES string of the molecule is C=C1C(=CC=C2CCC[C@]3(C)[C@@H]([C@H](C)C=C[C@H](O)CC(CC)CC)CC[C@@H]23)C[C@@H](O)C[C@@H]1O. The van der Waals surface area contributed by atoms with E-state index >= 15 is 0 Å². The van der Waals surface area contributed by atoms with Gasteiger partial charge in [0, 0.05) is 6.42 Å². The van der Waals surface area contributed by atoms with Crippen LogP contribution in [0.25, 0.3) is 0 Å². The maximum Gasteiger partial charge on any atom is 0.0811 e. The van der Waals surface area contributed by atoms with Gasteiger partial charge in [-0.1, -0.05) is 77.0 Å². The lowest BCUT2D eigenvalue weighted by Crippen LogP contribution is -2.35. The number of rotatable bonds is 8. The van der Waals surface area contributed by atoms with Crippen molar-refractivity contribution < 1.29 is 15.3 Å². The Morgan fingerprint density at radius 2 is 1.85 bits per heavy atom. The standard InChI is InChI=1S/C30H48O3/c1-6-22(7-2)17-25(31)13-10-20(3)27-14-15-28-23(9-8-16-30(27,28)5)11-12-24-18-26(32)19-29(33)21(24)4/h10-13,20,22,25-29,31-33H,4,6-9,14-19H2,1-3,5H3/t20-,25+,26-,27-,28+,29+,30-/m1/s1. The Balaban J connectivity index is 1.70. The third kappa shape index (κ3) is 6.10. The molecule has 0 aromatic carbocycles. The molecule has 33 heavy (non-hydrogen) atoms. The van der Waals surface area contributed by atoms with E-state index < -0.39 is 12.2 Å². The highest BCUT2D eigenvalue weighted by molar-refractivity contribution is 5.38. The second kappa shape index (κ2) is 11.5. The molecule has 0 radical (unpaired) electrons. The number of aliphatic hydroxyl groups is 3. The Morgan fingerprint density at radius 1 is 1.12 bits per heavy atom. The molecule has 3 N–H and O–H groups in total. The smallest absolute Gasteiger partial charge is 0.0811 e. The summed E-state index contributed by atoms with van der Waals surface area (Å²) in [5.41, 5.74) is 3.60. The summed E-state index contributed by atoms with van der Waals surface area (Å²) in [6.07, 6.45) is 17.6. The molecule has 0 heterocycles. The summed E-state index contributed by atoms with van der Waals surface area (Å²) in [4.78, 5) is 0. The Kier molecular flexibility index (Phi) is 9.23. The highest BCUT2D eigenvalue weighted by Crippen LogP contribution is 2.59. The molecular formula is C30H48O3. The van der Waals surface area contributed by atoms with E-state index in [-0.39, 0.29) is 6.10 Å². The van der Waals surface area contributed by atoms with Crippen LogP contribution in [-0.4, -0.2) is 33.6 Å². The summed E-state index contributed by atoms with van der Waals surface area (Å²) in [6, 6.07) is 0. The van der Waals surface area contributed by atoms with Gasteiger partial charge in [-0.25, -0.2) is 0 Å². The fraction of sp³-hybridized carbons (Fsp3) is 0.733. The van der Waals surface area contributed by atoms with Gasteiger partial charge in [-0.15, -0.1) is 0 Å². The molecule has 3 rings (SSSR count). The molecule has 0 saturated heterocycles. The summed E-state index contributed by atoms with van der Waals surface area (Å²) in [6.45, 7) is 13.3. The minimum absolute atomic E-state index is 0.301. The molecule has 0 aromatic heterocycles. The zero-order valence-electron chi connectivity index (χ0n) is 21.5. The lowest BCUT2D eigenvalue weighted by molar-refractivity contribution is 0.0862. The second-order valence-electron chi connectivity index (χ2n) is 11.4. The first kappa shape index (κ1) is 26.4. The van der Waals surface area contributed by atoms with Crippen molar-refractivity contribution in [1.82, 2.24) is 0 Å². The van der Waals surface area contributed by atoms with Crippen LogP contribution in [0.1, 0.15) is 91.9 Å². The first-order chi connectivity index (χ1) is 15.7. The lowest BCUT2D eigenvalue weighted by Gasteiger charge is -2.44. The number of allylic oxidation sites excluding steroid dienone is 4. The molecule has 0 unspecified atom stereocenters. The van der Waals surface area contributed by atoms with Gasteiger partial charge in [0.1, 0.15) is 0 Å². The maximum absolute atomic E-state index is 10.5. The van der Waals surface area contributed by atoms with Crippen molar-refractivity contribution in [2.45, 2.75) is 110 Å². The van der Waals surface area contributed by atoms with Crippen LogP contribution in [0.4, 0.5) is 0 Å². The van der Waals surface area contributed by atoms with Crippen molar-refractivity contribution in [2.24, 2.45) is 29.1 Å². The van der Waals surface area contributed by atoms with Gasteiger partial charge in [0.25, 0.3) is 0 Å². The molecule has 0 amide bonds. The summed E-state index contributed by atoms with van der Waals surface area (Å²) < 4.78 is 0. The molecule has 3 aliphatic carbocycles. The quantitative estimate of drug-likeness (QED) is 0.365. The van der Waals surface area contributed by atoms with E-state index in [0.29, 0.717) is 41.9 Å². The zero-order valence-corrected chi connectivity index (χ0v) is 21.5.